The Labute approximate surface area is 113 Å². The lowest BCUT2D eigenvalue weighted by atomic mass is 9.86. The molecule has 0 aliphatic rings. The van der Waals surface area contributed by atoms with E-state index < -0.39 is 0 Å². The molecule has 18 heavy (non-hydrogen) atoms. The molecule has 0 amide bonds. The van der Waals surface area contributed by atoms with Gasteiger partial charge in [0.05, 0.1) is 0 Å². The zero-order valence-electron chi connectivity index (χ0n) is 12.3. The molecule has 0 aromatic heterocycles. The summed E-state index contributed by atoms with van der Waals surface area (Å²) >= 11 is 0. The van der Waals surface area contributed by atoms with Gasteiger partial charge in [0.1, 0.15) is 0 Å². The van der Waals surface area contributed by atoms with E-state index in [-0.39, 0.29) is 0 Å². The van der Waals surface area contributed by atoms with Gasteiger partial charge >= 0.3 is 0 Å². The summed E-state index contributed by atoms with van der Waals surface area (Å²) in [6, 6.07) is 8.86. The molecule has 2 N–H and O–H groups in total. The minimum absolute atomic E-state index is 0.651. The van der Waals surface area contributed by atoms with Crippen molar-refractivity contribution >= 4 is 0 Å². The number of hydrogen-bond donors (Lipinski definition) is 1. The van der Waals surface area contributed by atoms with Gasteiger partial charge in [0.2, 0.25) is 0 Å². The Bertz CT molecular complexity index is 332. The van der Waals surface area contributed by atoms with Crippen LogP contribution in [-0.2, 0) is 6.54 Å². The molecule has 0 aliphatic carbocycles. The highest BCUT2D eigenvalue weighted by molar-refractivity contribution is 5.26. The smallest absolute Gasteiger partial charge is 0.0178 e. The predicted molar refractivity (Wildman–Crippen MR) is 80.7 cm³/mol. The molecule has 1 aromatic carbocycles. The fourth-order valence-electron chi connectivity index (χ4n) is 2.49. The summed E-state index contributed by atoms with van der Waals surface area (Å²) in [4.78, 5) is 0. The molecular formula is C17H29N. The minimum Gasteiger partial charge on any atom is -0.326 e. The molecule has 2 unspecified atom stereocenters. The van der Waals surface area contributed by atoms with Crippen LogP contribution in [0.25, 0.3) is 0 Å². The quantitative estimate of drug-likeness (QED) is 0.698. The van der Waals surface area contributed by atoms with Gasteiger partial charge in [-0.1, -0.05) is 64.3 Å². The average molecular weight is 247 g/mol. The standard InChI is InChI=1S/C17H29N/c1-4-7-16(11-10-14(3)5-2)17-9-6-8-15(12-17)13-18/h6,8-9,12,14,16H,4-5,7,10-11,13,18H2,1-3H3. The van der Waals surface area contributed by atoms with Gasteiger partial charge in [0.15, 0.2) is 0 Å². The van der Waals surface area contributed by atoms with E-state index >= 15 is 0 Å². The summed E-state index contributed by atoms with van der Waals surface area (Å²) in [5.74, 6) is 1.57. The summed E-state index contributed by atoms with van der Waals surface area (Å²) < 4.78 is 0. The second-order valence-corrected chi connectivity index (χ2v) is 5.53. The van der Waals surface area contributed by atoms with Crippen molar-refractivity contribution in [1.29, 1.82) is 0 Å². The summed E-state index contributed by atoms with van der Waals surface area (Å²) in [6.07, 6.45) is 6.51. The van der Waals surface area contributed by atoms with Crippen LogP contribution < -0.4 is 5.73 Å². The Hall–Kier alpha value is -0.820. The van der Waals surface area contributed by atoms with E-state index in [9.17, 15) is 0 Å². The van der Waals surface area contributed by atoms with E-state index in [0.29, 0.717) is 6.54 Å². The maximum Gasteiger partial charge on any atom is 0.0178 e. The van der Waals surface area contributed by atoms with Gasteiger partial charge in [-0.3, -0.25) is 0 Å². The second-order valence-electron chi connectivity index (χ2n) is 5.53. The van der Waals surface area contributed by atoms with Crippen LogP contribution in [0.1, 0.15) is 69.9 Å². The van der Waals surface area contributed by atoms with Crippen molar-refractivity contribution in [3.05, 3.63) is 35.4 Å². The van der Waals surface area contributed by atoms with E-state index in [1.54, 1.807) is 0 Å². The maximum absolute atomic E-state index is 5.74. The first-order valence-electron chi connectivity index (χ1n) is 7.50. The molecule has 0 saturated heterocycles. The van der Waals surface area contributed by atoms with Gasteiger partial charge in [-0.2, -0.15) is 0 Å². The fourth-order valence-corrected chi connectivity index (χ4v) is 2.49. The Morgan fingerprint density at radius 3 is 2.50 bits per heavy atom. The second kappa shape index (κ2) is 8.31. The molecule has 1 aromatic rings. The Kier molecular flexibility index (Phi) is 7.04. The molecule has 1 rings (SSSR count). The summed E-state index contributed by atoms with van der Waals surface area (Å²) in [7, 11) is 0. The molecule has 1 nitrogen and oxygen atoms in total. The third kappa shape index (κ3) is 4.81. The van der Waals surface area contributed by atoms with Gasteiger partial charge in [-0.15, -0.1) is 0 Å². The molecule has 0 aliphatic heterocycles. The van der Waals surface area contributed by atoms with Crippen molar-refractivity contribution in [2.24, 2.45) is 11.7 Å². The van der Waals surface area contributed by atoms with Crippen molar-refractivity contribution < 1.29 is 0 Å². The molecule has 0 saturated carbocycles. The van der Waals surface area contributed by atoms with Crippen molar-refractivity contribution in [3.63, 3.8) is 0 Å². The first kappa shape index (κ1) is 15.2. The minimum atomic E-state index is 0.651. The monoisotopic (exact) mass is 247 g/mol. The highest BCUT2D eigenvalue weighted by Gasteiger charge is 2.12. The molecule has 0 fully saturated rings. The van der Waals surface area contributed by atoms with Crippen LogP contribution in [-0.4, -0.2) is 0 Å². The Morgan fingerprint density at radius 1 is 1.11 bits per heavy atom. The van der Waals surface area contributed by atoms with Crippen LogP contribution in [0, 0.1) is 5.92 Å². The van der Waals surface area contributed by atoms with Gasteiger partial charge in [0.25, 0.3) is 0 Å². The summed E-state index contributed by atoms with van der Waals surface area (Å²) in [6.45, 7) is 7.58. The van der Waals surface area contributed by atoms with E-state index in [1.807, 2.05) is 0 Å². The first-order valence-corrected chi connectivity index (χ1v) is 7.50. The van der Waals surface area contributed by atoms with Crippen LogP contribution in [0.2, 0.25) is 0 Å². The Morgan fingerprint density at radius 2 is 1.89 bits per heavy atom. The SMILES string of the molecule is CCCC(CCC(C)CC)c1cccc(CN)c1. The van der Waals surface area contributed by atoms with Crippen LogP contribution in [0.3, 0.4) is 0 Å². The molecule has 0 radical (unpaired) electrons. The van der Waals surface area contributed by atoms with Crippen LogP contribution >= 0.6 is 0 Å². The van der Waals surface area contributed by atoms with Gasteiger partial charge < -0.3 is 5.73 Å². The van der Waals surface area contributed by atoms with E-state index in [1.165, 1.54) is 43.2 Å². The molecule has 0 bridgehead atoms. The molecular weight excluding hydrogens is 218 g/mol. The predicted octanol–water partition coefficient (Wildman–Crippen LogP) is 4.86. The normalized spacial score (nSPS) is 14.4. The van der Waals surface area contributed by atoms with E-state index in [4.69, 9.17) is 5.73 Å². The summed E-state index contributed by atoms with van der Waals surface area (Å²) in [5.41, 5.74) is 8.49. The lowest BCUT2D eigenvalue weighted by molar-refractivity contribution is 0.445. The molecule has 0 spiro atoms. The topological polar surface area (TPSA) is 26.0 Å². The number of hydrogen-bond acceptors (Lipinski definition) is 1. The lowest BCUT2D eigenvalue weighted by Gasteiger charge is -2.19. The van der Waals surface area contributed by atoms with Crippen molar-refractivity contribution in [2.75, 3.05) is 0 Å². The zero-order valence-corrected chi connectivity index (χ0v) is 12.3. The number of nitrogens with two attached hydrogens (primary N) is 1. The average Bonchev–Trinajstić information content (AvgIpc) is 2.43. The summed E-state index contributed by atoms with van der Waals surface area (Å²) in [5, 5.41) is 0. The number of benzene rings is 1. The lowest BCUT2D eigenvalue weighted by Crippen LogP contribution is -2.04. The van der Waals surface area contributed by atoms with Crippen molar-refractivity contribution in [1.82, 2.24) is 0 Å². The van der Waals surface area contributed by atoms with Crippen LogP contribution in [0.15, 0.2) is 24.3 Å². The van der Waals surface area contributed by atoms with Crippen LogP contribution in [0.4, 0.5) is 0 Å². The third-order valence-electron chi connectivity index (χ3n) is 4.00. The van der Waals surface area contributed by atoms with Gasteiger partial charge in [0, 0.05) is 6.54 Å². The first-order chi connectivity index (χ1) is 8.71. The molecule has 2 atom stereocenters. The fraction of sp³-hybridized carbons (Fsp3) is 0.647. The van der Waals surface area contributed by atoms with Crippen molar-refractivity contribution in [3.8, 4) is 0 Å². The maximum atomic E-state index is 5.74. The highest BCUT2D eigenvalue weighted by atomic mass is 14.5. The number of rotatable bonds is 8. The molecule has 102 valence electrons. The van der Waals surface area contributed by atoms with Crippen molar-refractivity contribution in [2.45, 2.75) is 65.3 Å². The largest absolute Gasteiger partial charge is 0.326 e. The highest BCUT2D eigenvalue weighted by Crippen LogP contribution is 2.29. The third-order valence-corrected chi connectivity index (χ3v) is 4.00. The molecule has 0 heterocycles. The van der Waals surface area contributed by atoms with Crippen LogP contribution in [0.5, 0.6) is 0 Å². The Balaban J connectivity index is 2.69. The molecule has 1 heteroatoms. The zero-order chi connectivity index (χ0) is 13.4. The van der Waals surface area contributed by atoms with E-state index in [0.717, 1.165) is 11.8 Å². The van der Waals surface area contributed by atoms with Gasteiger partial charge in [-0.25, -0.2) is 0 Å². The van der Waals surface area contributed by atoms with Gasteiger partial charge in [-0.05, 0) is 35.8 Å². The van der Waals surface area contributed by atoms with E-state index in [2.05, 4.69) is 45.0 Å².